The minimum atomic E-state index is -1.07. The molecule has 171 valence electrons. The van der Waals surface area contributed by atoms with Crippen LogP contribution in [0.2, 0.25) is 25.7 Å². The fourth-order valence-electron chi connectivity index (χ4n) is 4.70. The lowest BCUT2D eigenvalue weighted by molar-refractivity contribution is 0.103. The summed E-state index contributed by atoms with van der Waals surface area (Å²) in [4.78, 5) is 12.1. The Kier molecular flexibility index (Phi) is 6.29. The molecular weight excluding hydrogens is 416 g/mol. The molecule has 1 radical (unpaired) electrons. The van der Waals surface area contributed by atoms with Crippen molar-refractivity contribution in [3.8, 4) is 0 Å². The van der Waals surface area contributed by atoms with Crippen LogP contribution in [0, 0.1) is 12.0 Å². The van der Waals surface area contributed by atoms with E-state index in [1.165, 1.54) is 24.9 Å². The number of likely N-dealkylation sites (tertiary alicyclic amines) is 1. The molecule has 1 aromatic rings. The smallest absolute Gasteiger partial charge is 0.116 e. The molecule has 0 saturated carbocycles. The van der Waals surface area contributed by atoms with Crippen molar-refractivity contribution in [1.82, 2.24) is 20.0 Å². The monoisotopic (exact) mass is 451 g/mol. The molecular formula is C24H35N6OSi. The van der Waals surface area contributed by atoms with E-state index in [9.17, 15) is 0 Å². The average molecular weight is 452 g/mol. The van der Waals surface area contributed by atoms with E-state index >= 15 is 0 Å². The van der Waals surface area contributed by atoms with Gasteiger partial charge in [0.05, 0.1) is 30.1 Å². The van der Waals surface area contributed by atoms with Gasteiger partial charge < -0.3 is 10.1 Å². The van der Waals surface area contributed by atoms with Gasteiger partial charge >= 0.3 is 0 Å². The van der Waals surface area contributed by atoms with Crippen LogP contribution >= 0.6 is 0 Å². The highest BCUT2D eigenvalue weighted by molar-refractivity contribution is 6.76. The van der Waals surface area contributed by atoms with Crippen LogP contribution in [-0.4, -0.2) is 80.1 Å². The molecule has 0 aromatic carbocycles. The zero-order valence-corrected chi connectivity index (χ0v) is 20.5. The van der Waals surface area contributed by atoms with E-state index in [-0.39, 0.29) is 5.92 Å². The summed E-state index contributed by atoms with van der Waals surface area (Å²) in [5.74, 6) is 0.125. The van der Waals surface area contributed by atoms with E-state index in [0.29, 0.717) is 6.61 Å². The first kappa shape index (κ1) is 21.9. The summed E-state index contributed by atoms with van der Waals surface area (Å²) in [6.07, 6.45) is 12.5. The number of rotatable bonds is 8. The fourth-order valence-corrected chi connectivity index (χ4v) is 5.46. The lowest BCUT2D eigenvalue weighted by Gasteiger charge is -2.45. The molecule has 0 aliphatic carbocycles. The van der Waals surface area contributed by atoms with E-state index in [2.05, 4.69) is 56.9 Å². The molecule has 8 heteroatoms. The Hall–Kier alpha value is -1.87. The minimum Gasteiger partial charge on any atom is -0.381 e. The van der Waals surface area contributed by atoms with E-state index in [0.717, 1.165) is 61.4 Å². The van der Waals surface area contributed by atoms with Crippen LogP contribution in [0.1, 0.15) is 18.4 Å². The number of allylic oxidation sites excluding steroid dienone is 2. The summed E-state index contributed by atoms with van der Waals surface area (Å²) >= 11 is 0. The Bertz CT molecular complexity index is 944. The number of ether oxygens (including phenoxy) is 1. The quantitative estimate of drug-likeness (QED) is 0.487. The van der Waals surface area contributed by atoms with Crippen molar-refractivity contribution < 1.29 is 4.74 Å². The van der Waals surface area contributed by atoms with Gasteiger partial charge in [0.25, 0.3) is 0 Å². The third kappa shape index (κ3) is 4.73. The Morgan fingerprint density at radius 2 is 2.00 bits per heavy atom. The molecule has 0 spiro atoms. The molecule has 1 unspecified atom stereocenters. The van der Waals surface area contributed by atoms with Crippen LogP contribution in [0.3, 0.4) is 0 Å². The van der Waals surface area contributed by atoms with E-state index in [1.54, 1.807) is 0 Å². The highest BCUT2D eigenvalue weighted by Gasteiger charge is 2.35. The first-order valence-electron chi connectivity index (χ1n) is 11.9. The van der Waals surface area contributed by atoms with Crippen molar-refractivity contribution in [1.29, 1.82) is 0 Å². The van der Waals surface area contributed by atoms with Crippen LogP contribution in [0.4, 0.5) is 0 Å². The average Bonchev–Trinajstić information content (AvgIpc) is 3.40. The van der Waals surface area contributed by atoms with Gasteiger partial charge in [0.2, 0.25) is 0 Å². The third-order valence-corrected chi connectivity index (χ3v) is 8.49. The Morgan fingerprint density at radius 1 is 1.19 bits per heavy atom. The fraction of sp³-hybridized carbons (Fsp3) is 0.583. The maximum absolute atomic E-state index is 6.00. The van der Waals surface area contributed by atoms with Crippen LogP contribution in [0.25, 0.3) is 5.70 Å². The first-order valence-corrected chi connectivity index (χ1v) is 15.6. The molecule has 4 aliphatic heterocycles. The standard InChI is InChI=1S/C24H35N6OSi/c1-32(2,3)11-10-31-17-19-12-27-23(22-6-9-26-24(19)22)18-13-28-30(14-18)21-15-29(16-21)20-4-7-25-8-5-20/h6,9,12-14,19-20,25H,4-5,7-8,10-11,15-17H2,1-3H3. The van der Waals surface area contributed by atoms with Gasteiger partial charge in [0.1, 0.15) is 6.04 Å². The summed E-state index contributed by atoms with van der Waals surface area (Å²) < 4.78 is 8.05. The van der Waals surface area contributed by atoms with Gasteiger partial charge in [-0.25, -0.2) is 0 Å². The lowest BCUT2D eigenvalue weighted by atomic mass is 9.93. The number of fused-ring (bicyclic) bond motifs is 1. The molecule has 4 aliphatic rings. The highest BCUT2D eigenvalue weighted by atomic mass is 28.3. The number of aliphatic imine (C=N–C) groups is 2. The summed E-state index contributed by atoms with van der Waals surface area (Å²) in [5.41, 5.74) is 4.21. The van der Waals surface area contributed by atoms with E-state index in [1.807, 2.05) is 18.6 Å². The summed E-state index contributed by atoms with van der Waals surface area (Å²) in [6.45, 7) is 12.9. The number of nitrogens with zero attached hydrogens (tertiary/aromatic N) is 5. The van der Waals surface area contributed by atoms with Crippen molar-refractivity contribution in [2.24, 2.45) is 15.9 Å². The van der Waals surface area contributed by atoms with Gasteiger partial charge in [-0.05, 0) is 38.1 Å². The zero-order valence-electron chi connectivity index (χ0n) is 19.5. The molecule has 5 rings (SSSR count). The van der Waals surface area contributed by atoms with Crippen LogP contribution in [0.15, 0.2) is 40.2 Å². The van der Waals surface area contributed by atoms with Crippen molar-refractivity contribution in [3.63, 3.8) is 0 Å². The van der Waals surface area contributed by atoms with Gasteiger partial charge in [-0.1, -0.05) is 19.6 Å². The number of hydrogen-bond acceptors (Lipinski definition) is 6. The third-order valence-electron chi connectivity index (χ3n) is 6.79. The normalized spacial score (nSPS) is 24.7. The summed E-state index contributed by atoms with van der Waals surface area (Å²) in [6, 6.07) is 3.27. The second kappa shape index (κ2) is 9.17. The van der Waals surface area contributed by atoms with Gasteiger partial charge in [0, 0.05) is 63.6 Å². The zero-order chi connectivity index (χ0) is 22.1. The molecule has 5 heterocycles. The van der Waals surface area contributed by atoms with Crippen molar-refractivity contribution in [2.45, 2.75) is 44.6 Å². The molecule has 1 aromatic heterocycles. The van der Waals surface area contributed by atoms with Gasteiger partial charge in [0.15, 0.2) is 0 Å². The lowest BCUT2D eigenvalue weighted by Crippen LogP contribution is -2.55. The maximum atomic E-state index is 6.00. The molecule has 0 bridgehead atoms. The van der Waals surface area contributed by atoms with Crippen LogP contribution < -0.4 is 5.32 Å². The number of piperidine rings is 1. The van der Waals surface area contributed by atoms with Gasteiger partial charge in [-0.2, -0.15) is 5.10 Å². The summed E-state index contributed by atoms with van der Waals surface area (Å²) in [7, 11) is -1.07. The molecule has 1 atom stereocenters. The predicted molar refractivity (Wildman–Crippen MR) is 133 cm³/mol. The predicted octanol–water partition coefficient (Wildman–Crippen LogP) is 3.07. The number of aromatic nitrogens is 2. The Balaban J connectivity index is 1.20. The molecule has 1 N–H and O–H groups in total. The number of hydrogen-bond donors (Lipinski definition) is 1. The maximum Gasteiger partial charge on any atom is 0.116 e. The second-order valence-corrected chi connectivity index (χ2v) is 16.1. The Morgan fingerprint density at radius 3 is 2.78 bits per heavy atom. The largest absolute Gasteiger partial charge is 0.381 e. The van der Waals surface area contributed by atoms with E-state index in [4.69, 9.17) is 9.73 Å². The van der Waals surface area contributed by atoms with Gasteiger partial charge in [-0.15, -0.1) is 0 Å². The first-order chi connectivity index (χ1) is 15.5. The highest BCUT2D eigenvalue weighted by Crippen LogP contribution is 2.32. The second-order valence-electron chi connectivity index (χ2n) is 10.5. The summed E-state index contributed by atoms with van der Waals surface area (Å²) in [5, 5.41) is 8.11. The van der Waals surface area contributed by atoms with Crippen LogP contribution in [0.5, 0.6) is 0 Å². The minimum absolute atomic E-state index is 0.125. The van der Waals surface area contributed by atoms with Crippen molar-refractivity contribution in [3.05, 3.63) is 41.8 Å². The molecule has 7 nitrogen and oxygen atoms in total. The topological polar surface area (TPSA) is 67.0 Å². The molecule has 2 saturated heterocycles. The number of nitrogens with one attached hydrogen (secondary N) is 1. The van der Waals surface area contributed by atoms with Crippen LogP contribution in [-0.2, 0) is 4.74 Å². The molecule has 0 amide bonds. The van der Waals surface area contributed by atoms with Crippen molar-refractivity contribution >= 4 is 25.7 Å². The Labute approximate surface area is 192 Å². The van der Waals surface area contributed by atoms with E-state index < -0.39 is 8.07 Å². The molecule has 32 heavy (non-hydrogen) atoms. The van der Waals surface area contributed by atoms with Crippen molar-refractivity contribution in [2.75, 3.05) is 39.4 Å². The molecule has 2 fully saturated rings. The SMILES string of the molecule is C[Si](C)(C)CCOCC1C=NC(c2cnn([C]3CN(C4CCNCC4)C3)c2)=C2C=CN=C21. The van der Waals surface area contributed by atoms with Gasteiger partial charge in [-0.3, -0.25) is 19.6 Å².